The highest BCUT2D eigenvalue weighted by atomic mass is 35.5. The van der Waals surface area contributed by atoms with Crippen molar-refractivity contribution in [3.8, 4) is 0 Å². The fourth-order valence-corrected chi connectivity index (χ4v) is 2.56. The number of rotatable bonds is 3. The molecule has 4 heteroatoms. The molecule has 1 aliphatic rings. The fraction of sp³-hybridized carbons (Fsp3) is 0.500. The van der Waals surface area contributed by atoms with Gasteiger partial charge in [0, 0.05) is 17.1 Å². The Balaban J connectivity index is 1.84. The van der Waals surface area contributed by atoms with E-state index in [1.807, 2.05) is 24.3 Å². The predicted molar refractivity (Wildman–Crippen MR) is 73.5 cm³/mol. The van der Waals surface area contributed by atoms with Crippen LogP contribution in [0, 0.1) is 0 Å². The lowest BCUT2D eigenvalue weighted by Gasteiger charge is -2.26. The average Bonchev–Trinajstić information content (AvgIpc) is 2.35. The largest absolute Gasteiger partial charge is 0.353 e. The molecule has 1 fully saturated rings. The van der Waals surface area contributed by atoms with Gasteiger partial charge in [0.1, 0.15) is 0 Å². The summed E-state index contributed by atoms with van der Waals surface area (Å²) >= 11 is 6.03. The maximum absolute atomic E-state index is 11.9. The molecule has 0 aromatic heterocycles. The second-order valence-corrected chi connectivity index (χ2v) is 5.35. The van der Waals surface area contributed by atoms with Crippen LogP contribution in [0.4, 0.5) is 0 Å². The van der Waals surface area contributed by atoms with Crippen LogP contribution in [0.15, 0.2) is 24.3 Å². The molecule has 1 aromatic rings. The lowest BCUT2D eigenvalue weighted by Crippen LogP contribution is -2.41. The number of nitrogens with two attached hydrogens (primary N) is 1. The minimum absolute atomic E-state index is 0.0450. The first-order valence-electron chi connectivity index (χ1n) is 6.43. The zero-order valence-electron chi connectivity index (χ0n) is 10.4. The van der Waals surface area contributed by atoms with Crippen LogP contribution in [-0.4, -0.2) is 18.0 Å². The quantitative estimate of drug-likeness (QED) is 0.882. The minimum atomic E-state index is 0.0450. The number of carbonyl (C=O) groups excluding carboxylic acids is 1. The van der Waals surface area contributed by atoms with Crippen molar-refractivity contribution in [2.45, 2.75) is 44.2 Å². The highest BCUT2D eigenvalue weighted by Crippen LogP contribution is 2.18. The standard InChI is InChI=1S/C14H19ClN2O/c15-13-4-2-1-3-10(13)9-14(18)17-12-7-5-11(16)6-8-12/h1-4,11-12H,5-9,16H2,(H,17,18). The molecule has 1 saturated carbocycles. The number of amides is 1. The number of hydrogen-bond donors (Lipinski definition) is 2. The Kier molecular flexibility index (Phi) is 4.61. The normalized spacial score (nSPS) is 23.7. The monoisotopic (exact) mass is 266 g/mol. The average molecular weight is 267 g/mol. The van der Waals surface area contributed by atoms with Crippen molar-refractivity contribution >= 4 is 17.5 Å². The van der Waals surface area contributed by atoms with Gasteiger partial charge in [-0.15, -0.1) is 0 Å². The summed E-state index contributed by atoms with van der Waals surface area (Å²) in [6.45, 7) is 0. The molecule has 0 unspecified atom stereocenters. The number of hydrogen-bond acceptors (Lipinski definition) is 2. The van der Waals surface area contributed by atoms with E-state index in [2.05, 4.69) is 5.32 Å². The minimum Gasteiger partial charge on any atom is -0.353 e. The van der Waals surface area contributed by atoms with Crippen LogP contribution in [0.25, 0.3) is 0 Å². The molecule has 18 heavy (non-hydrogen) atoms. The van der Waals surface area contributed by atoms with Crippen molar-refractivity contribution in [2.75, 3.05) is 0 Å². The van der Waals surface area contributed by atoms with Crippen molar-refractivity contribution in [3.05, 3.63) is 34.9 Å². The van der Waals surface area contributed by atoms with E-state index in [4.69, 9.17) is 17.3 Å². The Hall–Kier alpha value is -1.06. The number of nitrogens with one attached hydrogen (secondary N) is 1. The molecule has 0 atom stereocenters. The lowest BCUT2D eigenvalue weighted by molar-refractivity contribution is -0.121. The van der Waals surface area contributed by atoms with E-state index in [9.17, 15) is 4.79 Å². The summed E-state index contributed by atoms with van der Waals surface area (Å²) in [7, 11) is 0. The zero-order chi connectivity index (χ0) is 13.0. The highest BCUT2D eigenvalue weighted by Gasteiger charge is 2.20. The molecule has 0 bridgehead atoms. The molecule has 0 heterocycles. The molecular formula is C14H19ClN2O. The molecule has 2 rings (SSSR count). The van der Waals surface area contributed by atoms with Crippen molar-refractivity contribution < 1.29 is 4.79 Å². The van der Waals surface area contributed by atoms with E-state index in [1.165, 1.54) is 0 Å². The van der Waals surface area contributed by atoms with Gasteiger partial charge in [0.05, 0.1) is 6.42 Å². The van der Waals surface area contributed by atoms with Gasteiger partial charge in [-0.2, -0.15) is 0 Å². The van der Waals surface area contributed by atoms with Gasteiger partial charge in [-0.3, -0.25) is 4.79 Å². The lowest BCUT2D eigenvalue weighted by atomic mass is 9.91. The van der Waals surface area contributed by atoms with E-state index < -0.39 is 0 Å². The van der Waals surface area contributed by atoms with Crippen molar-refractivity contribution in [2.24, 2.45) is 5.73 Å². The smallest absolute Gasteiger partial charge is 0.224 e. The van der Waals surface area contributed by atoms with Gasteiger partial charge in [-0.1, -0.05) is 29.8 Å². The molecule has 0 aliphatic heterocycles. The number of halogens is 1. The molecule has 0 spiro atoms. The molecule has 98 valence electrons. The van der Waals surface area contributed by atoms with Gasteiger partial charge in [-0.05, 0) is 37.3 Å². The van der Waals surface area contributed by atoms with E-state index in [-0.39, 0.29) is 11.9 Å². The molecule has 0 saturated heterocycles. The molecule has 1 aliphatic carbocycles. The second kappa shape index (κ2) is 6.21. The molecule has 1 amide bonds. The maximum Gasteiger partial charge on any atom is 0.224 e. The van der Waals surface area contributed by atoms with E-state index >= 15 is 0 Å². The predicted octanol–water partition coefficient (Wildman–Crippen LogP) is 2.27. The zero-order valence-corrected chi connectivity index (χ0v) is 11.1. The van der Waals surface area contributed by atoms with Crippen LogP contribution >= 0.6 is 11.6 Å². The van der Waals surface area contributed by atoms with Gasteiger partial charge in [0.2, 0.25) is 5.91 Å². The number of carbonyl (C=O) groups is 1. The molecule has 1 aromatic carbocycles. The highest BCUT2D eigenvalue weighted by molar-refractivity contribution is 6.31. The van der Waals surface area contributed by atoms with Gasteiger partial charge in [0.15, 0.2) is 0 Å². The summed E-state index contributed by atoms with van der Waals surface area (Å²) in [4.78, 5) is 11.9. The molecule has 3 N–H and O–H groups in total. The van der Waals surface area contributed by atoms with Crippen LogP contribution in [0.5, 0.6) is 0 Å². The summed E-state index contributed by atoms with van der Waals surface area (Å²) < 4.78 is 0. The Labute approximate surface area is 113 Å². The first kappa shape index (κ1) is 13.4. The summed E-state index contributed by atoms with van der Waals surface area (Å²) in [5, 5.41) is 3.71. The Morgan fingerprint density at radius 2 is 1.94 bits per heavy atom. The third kappa shape index (κ3) is 3.72. The van der Waals surface area contributed by atoms with E-state index in [1.54, 1.807) is 0 Å². The SMILES string of the molecule is NC1CCC(NC(=O)Cc2ccccc2Cl)CC1. The summed E-state index contributed by atoms with van der Waals surface area (Å²) in [6.07, 6.45) is 4.31. The van der Waals surface area contributed by atoms with Crippen molar-refractivity contribution in [1.82, 2.24) is 5.32 Å². The van der Waals surface area contributed by atoms with Crippen LogP contribution in [0.2, 0.25) is 5.02 Å². The van der Waals surface area contributed by atoms with Gasteiger partial charge >= 0.3 is 0 Å². The Morgan fingerprint density at radius 3 is 2.61 bits per heavy atom. The van der Waals surface area contributed by atoms with Crippen LogP contribution in [0.3, 0.4) is 0 Å². The maximum atomic E-state index is 11.9. The molecular weight excluding hydrogens is 248 g/mol. The van der Waals surface area contributed by atoms with Crippen LogP contribution < -0.4 is 11.1 Å². The van der Waals surface area contributed by atoms with Crippen molar-refractivity contribution in [1.29, 1.82) is 0 Å². The van der Waals surface area contributed by atoms with E-state index in [0.29, 0.717) is 17.5 Å². The summed E-state index contributed by atoms with van der Waals surface area (Å²) in [6, 6.07) is 8.05. The number of benzene rings is 1. The van der Waals surface area contributed by atoms with Gasteiger partial charge in [-0.25, -0.2) is 0 Å². The summed E-state index contributed by atoms with van der Waals surface area (Å²) in [5.41, 5.74) is 6.72. The summed E-state index contributed by atoms with van der Waals surface area (Å²) in [5.74, 6) is 0.0450. The topological polar surface area (TPSA) is 55.1 Å². The molecule has 0 radical (unpaired) electrons. The van der Waals surface area contributed by atoms with E-state index in [0.717, 1.165) is 31.2 Å². The van der Waals surface area contributed by atoms with Gasteiger partial charge in [0.25, 0.3) is 0 Å². The first-order valence-corrected chi connectivity index (χ1v) is 6.81. The fourth-order valence-electron chi connectivity index (χ4n) is 2.36. The van der Waals surface area contributed by atoms with Crippen LogP contribution in [-0.2, 0) is 11.2 Å². The van der Waals surface area contributed by atoms with Crippen LogP contribution in [0.1, 0.15) is 31.2 Å². The first-order chi connectivity index (χ1) is 8.65. The van der Waals surface area contributed by atoms with Crippen molar-refractivity contribution in [3.63, 3.8) is 0 Å². The Bertz CT molecular complexity index is 414. The third-order valence-electron chi connectivity index (χ3n) is 3.45. The third-order valence-corrected chi connectivity index (χ3v) is 3.81. The van der Waals surface area contributed by atoms with Gasteiger partial charge < -0.3 is 11.1 Å². The molecule has 3 nitrogen and oxygen atoms in total. The second-order valence-electron chi connectivity index (χ2n) is 4.95. The Morgan fingerprint density at radius 1 is 1.28 bits per heavy atom.